The maximum Gasteiger partial charge on any atom is 0.243 e. The lowest BCUT2D eigenvalue weighted by molar-refractivity contribution is 0.568. The topological polar surface area (TPSA) is 59.1 Å². The molecule has 0 spiro atoms. The first-order valence-electron chi connectivity index (χ1n) is 8.13. The monoisotopic (exact) mass is 390 g/mol. The van der Waals surface area contributed by atoms with Crippen molar-refractivity contribution in [1.29, 1.82) is 0 Å². The molecule has 0 saturated carbocycles. The highest BCUT2D eigenvalue weighted by Crippen LogP contribution is 2.29. The second-order valence-electron chi connectivity index (χ2n) is 6.23. The molecule has 1 atom stereocenters. The summed E-state index contributed by atoms with van der Waals surface area (Å²) in [5.41, 5.74) is 2.00. The number of sulfonamides is 1. The Balaban J connectivity index is 1.97. The SMILES string of the molecule is CC(C)c1ccc([C@@H](NS(=O)(=O)c2cncc(F)c2)c2cccs2)cc1. The Labute approximate surface area is 156 Å². The normalized spacial score (nSPS) is 13.1. The van der Waals surface area contributed by atoms with Gasteiger partial charge < -0.3 is 0 Å². The lowest BCUT2D eigenvalue weighted by Gasteiger charge is -2.19. The molecule has 0 unspecified atom stereocenters. The average Bonchev–Trinajstić information content (AvgIpc) is 3.14. The standard InChI is InChI=1S/C19H19FN2O2S2/c1-13(2)14-5-7-15(8-6-14)19(18-4-3-9-25-18)22-26(23,24)17-10-16(20)11-21-12-17/h3-13,19,22H,1-2H3/t19-/m1/s1. The summed E-state index contributed by atoms with van der Waals surface area (Å²) < 4.78 is 41.5. The van der Waals surface area contributed by atoms with Crippen LogP contribution in [-0.2, 0) is 10.0 Å². The third kappa shape index (κ3) is 4.17. The number of nitrogens with one attached hydrogen (secondary N) is 1. The van der Waals surface area contributed by atoms with Crippen molar-refractivity contribution < 1.29 is 12.8 Å². The van der Waals surface area contributed by atoms with Crippen LogP contribution in [0.3, 0.4) is 0 Å². The molecule has 4 nitrogen and oxygen atoms in total. The maximum atomic E-state index is 13.4. The number of nitrogens with zero attached hydrogens (tertiary/aromatic N) is 1. The molecule has 0 aliphatic carbocycles. The Morgan fingerprint density at radius 1 is 1.08 bits per heavy atom. The van der Waals surface area contributed by atoms with Crippen molar-refractivity contribution >= 4 is 21.4 Å². The van der Waals surface area contributed by atoms with Gasteiger partial charge in [0.2, 0.25) is 10.0 Å². The predicted octanol–water partition coefficient (Wildman–Crippen LogP) is 4.47. The van der Waals surface area contributed by atoms with Gasteiger partial charge >= 0.3 is 0 Å². The van der Waals surface area contributed by atoms with Crippen LogP contribution in [0.2, 0.25) is 0 Å². The summed E-state index contributed by atoms with van der Waals surface area (Å²) in [7, 11) is -3.93. The van der Waals surface area contributed by atoms with E-state index in [4.69, 9.17) is 0 Å². The van der Waals surface area contributed by atoms with E-state index in [1.54, 1.807) is 0 Å². The van der Waals surface area contributed by atoms with Crippen LogP contribution in [0.5, 0.6) is 0 Å². The van der Waals surface area contributed by atoms with Gasteiger partial charge in [-0.2, -0.15) is 4.72 Å². The van der Waals surface area contributed by atoms with Crippen LogP contribution >= 0.6 is 11.3 Å². The third-order valence-electron chi connectivity index (χ3n) is 4.03. The summed E-state index contributed by atoms with van der Waals surface area (Å²) in [6.45, 7) is 4.21. The van der Waals surface area contributed by atoms with Crippen LogP contribution in [0.4, 0.5) is 4.39 Å². The van der Waals surface area contributed by atoms with Gasteiger partial charge in [-0.05, 0) is 34.6 Å². The second kappa shape index (κ2) is 7.65. The molecule has 0 bridgehead atoms. The zero-order chi connectivity index (χ0) is 18.7. The summed E-state index contributed by atoms with van der Waals surface area (Å²) in [6.07, 6.45) is 2.11. The molecule has 0 radical (unpaired) electrons. The van der Waals surface area contributed by atoms with Gasteiger partial charge in [0.05, 0.1) is 12.2 Å². The number of pyridine rings is 1. The molecule has 0 aliphatic heterocycles. The van der Waals surface area contributed by atoms with E-state index >= 15 is 0 Å². The fourth-order valence-electron chi connectivity index (χ4n) is 2.58. The number of hydrogen-bond acceptors (Lipinski definition) is 4. The van der Waals surface area contributed by atoms with E-state index in [9.17, 15) is 12.8 Å². The van der Waals surface area contributed by atoms with Crippen molar-refractivity contribution in [3.63, 3.8) is 0 Å². The lowest BCUT2D eigenvalue weighted by atomic mass is 9.99. The first-order chi connectivity index (χ1) is 12.4. The van der Waals surface area contributed by atoms with E-state index in [0.717, 1.165) is 28.9 Å². The van der Waals surface area contributed by atoms with E-state index in [0.29, 0.717) is 5.92 Å². The smallest absolute Gasteiger partial charge is 0.243 e. The lowest BCUT2D eigenvalue weighted by Crippen LogP contribution is -2.29. The molecule has 2 aromatic heterocycles. The molecule has 0 fully saturated rings. The highest BCUT2D eigenvalue weighted by molar-refractivity contribution is 7.89. The molecular weight excluding hydrogens is 371 g/mol. The molecule has 0 amide bonds. The number of hydrogen-bond donors (Lipinski definition) is 1. The van der Waals surface area contributed by atoms with Crippen molar-refractivity contribution in [1.82, 2.24) is 9.71 Å². The number of rotatable bonds is 6. The van der Waals surface area contributed by atoms with Gasteiger partial charge in [0.1, 0.15) is 10.7 Å². The van der Waals surface area contributed by atoms with Crippen LogP contribution in [-0.4, -0.2) is 13.4 Å². The first-order valence-corrected chi connectivity index (χ1v) is 10.5. The van der Waals surface area contributed by atoms with Crippen LogP contribution in [0.1, 0.15) is 41.8 Å². The largest absolute Gasteiger partial charge is 0.260 e. The van der Waals surface area contributed by atoms with Gasteiger partial charge in [0, 0.05) is 11.1 Å². The van der Waals surface area contributed by atoms with Crippen molar-refractivity contribution in [2.24, 2.45) is 0 Å². The molecule has 1 aromatic carbocycles. The fourth-order valence-corrected chi connectivity index (χ4v) is 4.64. The number of halogens is 1. The Hall–Kier alpha value is -2.09. The summed E-state index contributed by atoms with van der Waals surface area (Å²) in [6, 6.07) is 12.0. The van der Waals surface area contributed by atoms with E-state index < -0.39 is 21.9 Å². The van der Waals surface area contributed by atoms with Crippen LogP contribution in [0.25, 0.3) is 0 Å². The molecule has 3 aromatic rings. The molecular formula is C19H19FN2O2S2. The molecule has 0 saturated heterocycles. The van der Waals surface area contributed by atoms with Gasteiger partial charge in [-0.15, -0.1) is 11.3 Å². The Kier molecular flexibility index (Phi) is 5.50. The summed E-state index contributed by atoms with van der Waals surface area (Å²) >= 11 is 1.46. The second-order valence-corrected chi connectivity index (χ2v) is 8.92. The van der Waals surface area contributed by atoms with Crippen LogP contribution in [0.15, 0.2) is 65.1 Å². The van der Waals surface area contributed by atoms with Crippen molar-refractivity contribution in [2.75, 3.05) is 0 Å². The molecule has 0 aliphatic rings. The average molecular weight is 391 g/mol. The molecule has 2 heterocycles. The van der Waals surface area contributed by atoms with E-state index in [-0.39, 0.29) is 4.90 Å². The molecule has 7 heteroatoms. The van der Waals surface area contributed by atoms with E-state index in [1.807, 2.05) is 41.8 Å². The fraction of sp³-hybridized carbons (Fsp3) is 0.211. The summed E-state index contributed by atoms with van der Waals surface area (Å²) in [5, 5.41) is 1.89. The maximum absolute atomic E-state index is 13.4. The highest BCUT2D eigenvalue weighted by atomic mass is 32.2. The predicted molar refractivity (Wildman–Crippen MR) is 101 cm³/mol. The highest BCUT2D eigenvalue weighted by Gasteiger charge is 2.24. The zero-order valence-electron chi connectivity index (χ0n) is 14.4. The molecule has 3 rings (SSSR count). The van der Waals surface area contributed by atoms with Crippen LogP contribution in [0, 0.1) is 5.82 Å². The Bertz CT molecular complexity index is 969. The Morgan fingerprint density at radius 3 is 2.35 bits per heavy atom. The molecule has 1 N–H and O–H groups in total. The third-order valence-corrected chi connectivity index (χ3v) is 6.35. The van der Waals surface area contributed by atoms with E-state index in [1.165, 1.54) is 16.9 Å². The number of thiophene rings is 1. The van der Waals surface area contributed by atoms with Gasteiger partial charge in [-0.25, -0.2) is 12.8 Å². The Morgan fingerprint density at radius 2 is 1.77 bits per heavy atom. The van der Waals surface area contributed by atoms with Gasteiger partial charge in [-0.3, -0.25) is 4.98 Å². The minimum absolute atomic E-state index is 0.196. The van der Waals surface area contributed by atoms with Gasteiger partial charge in [0.15, 0.2) is 0 Å². The molecule has 26 heavy (non-hydrogen) atoms. The summed E-state index contributed by atoms with van der Waals surface area (Å²) in [4.78, 5) is 4.29. The minimum atomic E-state index is -3.93. The van der Waals surface area contributed by atoms with E-state index in [2.05, 4.69) is 23.6 Å². The van der Waals surface area contributed by atoms with Crippen LogP contribution < -0.4 is 4.72 Å². The summed E-state index contributed by atoms with van der Waals surface area (Å²) in [5.74, 6) is -0.305. The van der Waals surface area contributed by atoms with Crippen molar-refractivity contribution in [2.45, 2.75) is 30.7 Å². The minimum Gasteiger partial charge on any atom is -0.260 e. The van der Waals surface area contributed by atoms with Gasteiger partial charge in [0.25, 0.3) is 0 Å². The zero-order valence-corrected chi connectivity index (χ0v) is 16.0. The van der Waals surface area contributed by atoms with Crippen molar-refractivity contribution in [3.8, 4) is 0 Å². The number of benzene rings is 1. The first kappa shape index (κ1) is 18.7. The van der Waals surface area contributed by atoms with Gasteiger partial charge in [-0.1, -0.05) is 44.2 Å². The van der Waals surface area contributed by atoms with Crippen molar-refractivity contribution in [3.05, 3.63) is 82.1 Å². The molecule has 136 valence electrons. The quantitative estimate of drug-likeness (QED) is 0.675. The number of aromatic nitrogens is 1.